The number of hydrogen-bond acceptors (Lipinski definition) is 5. The summed E-state index contributed by atoms with van der Waals surface area (Å²) in [6.45, 7) is 1.47. The average molecular weight is 451 g/mol. The van der Waals surface area contributed by atoms with E-state index in [9.17, 15) is 8.42 Å². The van der Waals surface area contributed by atoms with Crippen molar-refractivity contribution in [1.29, 1.82) is 0 Å². The van der Waals surface area contributed by atoms with Crippen molar-refractivity contribution in [3.63, 3.8) is 0 Å². The lowest BCUT2D eigenvalue weighted by molar-refractivity contribution is 0.171. The zero-order valence-corrected chi connectivity index (χ0v) is 17.8. The maximum atomic E-state index is 12.5. The molecule has 152 valence electrons. The molecule has 0 bridgehead atoms. The number of anilines is 1. The molecule has 0 aliphatic carbocycles. The lowest BCUT2D eigenvalue weighted by atomic mass is 10.1. The van der Waals surface area contributed by atoms with Gasteiger partial charge in [-0.05, 0) is 36.0 Å². The second-order valence-electron chi connectivity index (χ2n) is 7.41. The normalized spacial score (nSPS) is 24.7. The molecule has 0 amide bonds. The van der Waals surface area contributed by atoms with Crippen LogP contribution < -0.4 is 14.4 Å². The van der Waals surface area contributed by atoms with Gasteiger partial charge >= 0.3 is 0 Å². The highest BCUT2D eigenvalue weighted by Crippen LogP contribution is 2.40. The third kappa shape index (κ3) is 3.33. The van der Waals surface area contributed by atoms with Crippen LogP contribution in [0.2, 0.25) is 5.02 Å². The minimum absolute atomic E-state index is 0.0747. The molecule has 3 heterocycles. The van der Waals surface area contributed by atoms with Crippen molar-refractivity contribution < 1.29 is 17.9 Å². The van der Waals surface area contributed by atoms with Crippen LogP contribution in [0, 0.1) is 0 Å². The van der Waals surface area contributed by atoms with E-state index >= 15 is 0 Å². The van der Waals surface area contributed by atoms with E-state index in [0.29, 0.717) is 41.4 Å². The first kappa shape index (κ1) is 19.0. The van der Waals surface area contributed by atoms with Gasteiger partial charge in [-0.15, -0.1) is 0 Å². The quantitative estimate of drug-likeness (QED) is 0.666. The van der Waals surface area contributed by atoms with Crippen LogP contribution in [0.5, 0.6) is 11.5 Å². The molecule has 9 heteroatoms. The Bertz CT molecular complexity index is 1090. The molecule has 0 spiro atoms. The lowest BCUT2D eigenvalue weighted by Gasteiger charge is -2.27. The van der Waals surface area contributed by atoms with Gasteiger partial charge in [0.25, 0.3) is 0 Å². The van der Waals surface area contributed by atoms with Crippen LogP contribution in [-0.2, 0) is 16.4 Å². The molecule has 0 N–H and O–H groups in total. The summed E-state index contributed by atoms with van der Waals surface area (Å²) >= 11 is 12.2. The molecule has 0 aromatic heterocycles. The molecule has 3 aliphatic rings. The summed E-state index contributed by atoms with van der Waals surface area (Å²) in [7, 11) is -3.15. The van der Waals surface area contributed by atoms with Gasteiger partial charge in [-0.3, -0.25) is 0 Å². The second kappa shape index (κ2) is 7.04. The fourth-order valence-electron chi connectivity index (χ4n) is 4.26. The van der Waals surface area contributed by atoms with Crippen molar-refractivity contribution in [3.05, 3.63) is 53.1 Å². The molecule has 0 unspecified atom stereocenters. The highest BCUT2D eigenvalue weighted by atomic mass is 35.5. The maximum absolute atomic E-state index is 12.5. The van der Waals surface area contributed by atoms with Gasteiger partial charge < -0.3 is 19.3 Å². The fraction of sp³-hybridized carbons (Fsp3) is 0.350. The SMILES string of the molecule is O=S1(=O)C[C@@H]2[C@@H](C1)N(c1ccc3c(c1)OCCO3)C(=S)N2Cc1ccccc1Cl. The van der Waals surface area contributed by atoms with Gasteiger partial charge in [0.05, 0.1) is 23.6 Å². The zero-order chi connectivity index (χ0) is 20.2. The van der Waals surface area contributed by atoms with Crippen LogP contribution in [0.4, 0.5) is 5.69 Å². The van der Waals surface area contributed by atoms with Crippen LogP contribution in [0.25, 0.3) is 0 Å². The van der Waals surface area contributed by atoms with Crippen LogP contribution in [0.3, 0.4) is 0 Å². The van der Waals surface area contributed by atoms with Crippen molar-refractivity contribution in [3.8, 4) is 11.5 Å². The first-order valence-corrected chi connectivity index (χ1v) is 12.0. The van der Waals surface area contributed by atoms with Crippen molar-refractivity contribution >= 4 is 44.5 Å². The first-order valence-electron chi connectivity index (χ1n) is 9.36. The Balaban J connectivity index is 1.52. The third-order valence-corrected chi connectivity index (χ3v) is 8.08. The molecule has 3 aliphatic heterocycles. The molecular weight excluding hydrogens is 432 g/mol. The van der Waals surface area contributed by atoms with E-state index in [1.807, 2.05) is 52.3 Å². The Morgan fingerprint density at radius 1 is 1.03 bits per heavy atom. The predicted octanol–water partition coefficient (Wildman–Crippen LogP) is 2.88. The molecule has 2 fully saturated rings. The fourth-order valence-corrected chi connectivity index (χ4v) is 6.84. The van der Waals surface area contributed by atoms with Gasteiger partial charge in [-0.2, -0.15) is 0 Å². The van der Waals surface area contributed by atoms with E-state index in [4.69, 9.17) is 33.3 Å². The third-order valence-electron chi connectivity index (χ3n) is 5.58. The summed E-state index contributed by atoms with van der Waals surface area (Å²) in [4.78, 5) is 3.93. The lowest BCUT2D eigenvalue weighted by Crippen LogP contribution is -2.37. The number of ether oxygens (including phenoxy) is 2. The van der Waals surface area contributed by atoms with E-state index in [1.54, 1.807) is 0 Å². The summed E-state index contributed by atoms with van der Waals surface area (Å²) in [6, 6.07) is 12.7. The van der Waals surface area contributed by atoms with Crippen LogP contribution in [0.1, 0.15) is 5.56 Å². The van der Waals surface area contributed by atoms with E-state index in [0.717, 1.165) is 11.3 Å². The number of thiocarbonyl (C=S) groups is 1. The van der Waals surface area contributed by atoms with E-state index in [1.165, 1.54) is 0 Å². The number of hydrogen-bond donors (Lipinski definition) is 0. The molecule has 6 nitrogen and oxygen atoms in total. The smallest absolute Gasteiger partial charge is 0.177 e. The van der Waals surface area contributed by atoms with Crippen molar-refractivity contribution in [2.75, 3.05) is 29.6 Å². The van der Waals surface area contributed by atoms with Gasteiger partial charge in [-0.25, -0.2) is 8.42 Å². The number of fused-ring (bicyclic) bond motifs is 2. The van der Waals surface area contributed by atoms with Crippen LogP contribution >= 0.6 is 23.8 Å². The van der Waals surface area contributed by atoms with Gasteiger partial charge in [-0.1, -0.05) is 29.8 Å². The summed E-state index contributed by atoms with van der Waals surface area (Å²) < 4.78 is 36.2. The monoisotopic (exact) mass is 450 g/mol. The standard InChI is InChI=1S/C20H19ClN2O4S2/c21-15-4-2-1-3-13(15)10-22-16-11-29(24,25)12-17(16)23(20(22)28)14-5-6-18-19(9-14)27-8-7-26-18/h1-6,9,16-17H,7-8,10-12H2/t16-,17-/m1/s1. The average Bonchev–Trinajstić information content (AvgIpc) is 3.13. The van der Waals surface area contributed by atoms with Gasteiger partial charge in [0.2, 0.25) is 0 Å². The van der Waals surface area contributed by atoms with Crippen molar-refractivity contribution in [2.24, 2.45) is 0 Å². The molecule has 0 radical (unpaired) electrons. The Hall–Kier alpha value is -2.03. The van der Waals surface area contributed by atoms with E-state index < -0.39 is 9.84 Å². The van der Waals surface area contributed by atoms with Crippen LogP contribution in [-0.4, -0.2) is 55.2 Å². The summed E-state index contributed by atoms with van der Waals surface area (Å²) in [6.07, 6.45) is 0. The molecule has 2 aromatic carbocycles. The Morgan fingerprint density at radius 3 is 2.55 bits per heavy atom. The van der Waals surface area contributed by atoms with Crippen molar-refractivity contribution in [2.45, 2.75) is 18.6 Å². The van der Waals surface area contributed by atoms with E-state index in [-0.39, 0.29) is 23.6 Å². The highest BCUT2D eigenvalue weighted by molar-refractivity contribution is 7.91. The minimum atomic E-state index is -3.15. The van der Waals surface area contributed by atoms with Gasteiger partial charge in [0, 0.05) is 23.3 Å². The summed E-state index contributed by atoms with van der Waals surface area (Å²) in [5.41, 5.74) is 1.73. The Labute approximate surface area is 179 Å². The second-order valence-corrected chi connectivity index (χ2v) is 10.3. The van der Waals surface area contributed by atoms with Gasteiger partial charge in [0.1, 0.15) is 13.2 Å². The summed E-state index contributed by atoms with van der Waals surface area (Å²) in [5.74, 6) is 1.50. The molecule has 29 heavy (non-hydrogen) atoms. The number of halogens is 1. The molecule has 2 saturated heterocycles. The Morgan fingerprint density at radius 2 is 1.76 bits per heavy atom. The zero-order valence-electron chi connectivity index (χ0n) is 15.5. The number of nitrogens with zero attached hydrogens (tertiary/aromatic N) is 2. The van der Waals surface area contributed by atoms with Gasteiger partial charge in [0.15, 0.2) is 26.4 Å². The molecule has 5 rings (SSSR count). The maximum Gasteiger partial charge on any atom is 0.177 e. The van der Waals surface area contributed by atoms with Crippen LogP contribution in [0.15, 0.2) is 42.5 Å². The van der Waals surface area contributed by atoms with Crippen molar-refractivity contribution in [1.82, 2.24) is 4.90 Å². The number of benzene rings is 2. The topological polar surface area (TPSA) is 59.1 Å². The van der Waals surface area contributed by atoms with E-state index in [2.05, 4.69) is 0 Å². The molecular formula is C20H19ClN2O4S2. The predicted molar refractivity (Wildman–Crippen MR) is 116 cm³/mol. The molecule has 0 saturated carbocycles. The molecule has 2 aromatic rings. The highest BCUT2D eigenvalue weighted by Gasteiger charge is 2.52. The largest absolute Gasteiger partial charge is 0.486 e. The first-order chi connectivity index (χ1) is 13.9. The summed E-state index contributed by atoms with van der Waals surface area (Å²) in [5, 5.41) is 1.25. The number of rotatable bonds is 3. The molecule has 2 atom stereocenters. The number of sulfone groups is 1. The Kier molecular flexibility index (Phi) is 4.60. The minimum Gasteiger partial charge on any atom is -0.486 e.